The summed E-state index contributed by atoms with van der Waals surface area (Å²) in [7, 11) is 1.63. The maximum Gasteiger partial charge on any atom is 0.236 e. The molecule has 154 valence electrons. The Morgan fingerprint density at radius 2 is 2.00 bits per heavy atom. The molecule has 0 radical (unpaired) electrons. The molecule has 2 heterocycles. The number of nitrogens with one attached hydrogen (secondary N) is 1. The van der Waals surface area contributed by atoms with Crippen LogP contribution in [-0.4, -0.2) is 38.4 Å². The van der Waals surface area contributed by atoms with Crippen LogP contribution < -0.4 is 10.1 Å². The topological polar surface area (TPSA) is 89.3 Å². The van der Waals surface area contributed by atoms with E-state index in [1.165, 1.54) is 23.1 Å². The van der Waals surface area contributed by atoms with Crippen LogP contribution in [0.15, 0.2) is 59.9 Å². The van der Waals surface area contributed by atoms with E-state index in [1.807, 2.05) is 53.1 Å². The van der Waals surface area contributed by atoms with Gasteiger partial charge < -0.3 is 19.7 Å². The van der Waals surface area contributed by atoms with Crippen molar-refractivity contribution in [2.75, 3.05) is 18.2 Å². The lowest BCUT2D eigenvalue weighted by Crippen LogP contribution is -2.14. The van der Waals surface area contributed by atoms with E-state index >= 15 is 0 Å². The second kappa shape index (κ2) is 9.29. The first-order valence-electron chi connectivity index (χ1n) is 9.22. The van der Waals surface area contributed by atoms with Crippen LogP contribution in [0.5, 0.6) is 5.75 Å². The molecule has 0 aliphatic carbocycles. The SMILES string of the molecule is COc1ccc(Cn2cc(CO)nc2SCC(=O)Nc2nc3ccccc3s2)cc1. The van der Waals surface area contributed by atoms with Crippen LogP contribution >= 0.6 is 23.1 Å². The Balaban J connectivity index is 1.41. The maximum absolute atomic E-state index is 12.4. The smallest absolute Gasteiger partial charge is 0.236 e. The van der Waals surface area contributed by atoms with Crippen LogP contribution in [0.25, 0.3) is 10.2 Å². The Morgan fingerprint density at radius 1 is 1.20 bits per heavy atom. The fourth-order valence-corrected chi connectivity index (χ4v) is 4.57. The first-order valence-corrected chi connectivity index (χ1v) is 11.0. The fourth-order valence-electron chi connectivity index (χ4n) is 2.89. The second-order valence-electron chi connectivity index (χ2n) is 6.47. The molecule has 0 atom stereocenters. The van der Waals surface area contributed by atoms with E-state index in [2.05, 4.69) is 15.3 Å². The van der Waals surface area contributed by atoms with E-state index in [-0.39, 0.29) is 18.3 Å². The lowest BCUT2D eigenvalue weighted by Gasteiger charge is -2.08. The van der Waals surface area contributed by atoms with Crippen molar-refractivity contribution in [1.29, 1.82) is 0 Å². The average Bonchev–Trinajstić information content (AvgIpc) is 3.35. The van der Waals surface area contributed by atoms with Crippen molar-refractivity contribution in [3.05, 3.63) is 66.0 Å². The number of fused-ring (bicyclic) bond motifs is 1. The number of hydrogen-bond acceptors (Lipinski definition) is 7. The Morgan fingerprint density at radius 3 is 2.73 bits per heavy atom. The van der Waals surface area contributed by atoms with Crippen molar-refractivity contribution < 1.29 is 14.6 Å². The van der Waals surface area contributed by atoms with Crippen LogP contribution in [0.2, 0.25) is 0 Å². The van der Waals surface area contributed by atoms with Gasteiger partial charge in [0.15, 0.2) is 10.3 Å². The van der Waals surface area contributed by atoms with E-state index in [4.69, 9.17) is 4.74 Å². The number of aliphatic hydroxyl groups is 1. The van der Waals surface area contributed by atoms with Gasteiger partial charge in [-0.1, -0.05) is 47.4 Å². The molecular formula is C21H20N4O3S2. The number of anilines is 1. The first-order chi connectivity index (χ1) is 14.6. The molecule has 4 rings (SSSR count). The van der Waals surface area contributed by atoms with Gasteiger partial charge in [0.1, 0.15) is 5.75 Å². The number of rotatable bonds is 8. The van der Waals surface area contributed by atoms with Gasteiger partial charge in [-0.2, -0.15) is 0 Å². The summed E-state index contributed by atoms with van der Waals surface area (Å²) in [5, 5.41) is 13.6. The minimum atomic E-state index is -0.152. The molecule has 0 saturated heterocycles. The minimum Gasteiger partial charge on any atom is -0.497 e. The molecule has 4 aromatic rings. The van der Waals surface area contributed by atoms with Crippen molar-refractivity contribution in [2.45, 2.75) is 18.3 Å². The van der Waals surface area contributed by atoms with Crippen LogP contribution in [0.3, 0.4) is 0 Å². The summed E-state index contributed by atoms with van der Waals surface area (Å²) in [4.78, 5) is 21.3. The number of carbonyl (C=O) groups excluding carboxylic acids is 1. The van der Waals surface area contributed by atoms with Gasteiger partial charge in [-0.15, -0.1) is 0 Å². The summed E-state index contributed by atoms with van der Waals surface area (Å²) in [5.74, 6) is 0.839. The number of para-hydroxylation sites is 1. The minimum absolute atomic E-state index is 0.149. The van der Waals surface area contributed by atoms with E-state index in [0.717, 1.165) is 21.5 Å². The van der Waals surface area contributed by atoms with Crippen molar-refractivity contribution in [3.8, 4) is 5.75 Å². The fraction of sp³-hybridized carbons (Fsp3) is 0.190. The number of imidazole rings is 1. The molecule has 1 amide bonds. The van der Waals surface area contributed by atoms with Crippen LogP contribution in [0.4, 0.5) is 5.13 Å². The molecule has 9 heteroatoms. The van der Waals surface area contributed by atoms with Crippen molar-refractivity contribution in [2.24, 2.45) is 0 Å². The lowest BCUT2D eigenvalue weighted by atomic mass is 10.2. The molecule has 7 nitrogen and oxygen atoms in total. The maximum atomic E-state index is 12.4. The quantitative estimate of drug-likeness (QED) is 0.406. The number of aromatic nitrogens is 3. The van der Waals surface area contributed by atoms with Crippen molar-refractivity contribution >= 4 is 44.4 Å². The monoisotopic (exact) mass is 440 g/mol. The first kappa shape index (κ1) is 20.4. The Hall–Kier alpha value is -2.88. The van der Waals surface area contributed by atoms with Crippen molar-refractivity contribution in [3.63, 3.8) is 0 Å². The molecular weight excluding hydrogens is 420 g/mol. The average molecular weight is 441 g/mol. The van der Waals surface area contributed by atoms with Crippen LogP contribution in [0, 0.1) is 0 Å². The summed E-state index contributed by atoms with van der Waals surface area (Å²) < 4.78 is 8.16. The second-order valence-corrected chi connectivity index (χ2v) is 8.45. The third-order valence-electron chi connectivity index (χ3n) is 4.34. The van der Waals surface area contributed by atoms with E-state index in [1.54, 1.807) is 13.3 Å². The number of carbonyl (C=O) groups is 1. The predicted octanol–water partition coefficient (Wildman–Crippen LogP) is 3.77. The van der Waals surface area contributed by atoms with Gasteiger partial charge in [-0.05, 0) is 29.8 Å². The van der Waals surface area contributed by atoms with E-state index < -0.39 is 0 Å². The molecule has 2 aromatic heterocycles. The van der Waals surface area contributed by atoms with Crippen molar-refractivity contribution in [1.82, 2.24) is 14.5 Å². The Kier molecular flexibility index (Phi) is 6.32. The number of benzene rings is 2. The van der Waals surface area contributed by atoms with Crippen LogP contribution in [-0.2, 0) is 17.9 Å². The molecule has 0 aliphatic rings. The normalized spacial score (nSPS) is 11.0. The molecule has 0 saturated carbocycles. The van der Waals surface area contributed by atoms with Gasteiger partial charge in [0, 0.05) is 12.7 Å². The molecule has 2 N–H and O–H groups in total. The Bertz CT molecular complexity index is 1120. The van der Waals surface area contributed by atoms with E-state index in [9.17, 15) is 9.90 Å². The largest absolute Gasteiger partial charge is 0.497 e. The molecule has 2 aromatic carbocycles. The molecule has 0 fully saturated rings. The molecule has 0 spiro atoms. The molecule has 0 unspecified atom stereocenters. The zero-order valence-electron chi connectivity index (χ0n) is 16.2. The molecule has 0 aliphatic heterocycles. The number of ether oxygens (including phenoxy) is 1. The number of aliphatic hydroxyl groups excluding tert-OH is 1. The molecule has 30 heavy (non-hydrogen) atoms. The van der Waals surface area contributed by atoms with Gasteiger partial charge in [-0.3, -0.25) is 4.79 Å². The Labute approximate surface area is 181 Å². The number of methoxy groups -OCH3 is 1. The standard InChI is InChI=1S/C21H20N4O3S2/c1-28-16-8-6-14(7-9-16)10-25-11-15(12-26)22-21(25)29-13-19(27)24-20-23-17-4-2-3-5-18(17)30-20/h2-9,11,26H,10,12-13H2,1H3,(H,23,24,27). The van der Waals surface area contributed by atoms with Gasteiger partial charge >= 0.3 is 0 Å². The third-order valence-corrected chi connectivity index (χ3v) is 6.28. The van der Waals surface area contributed by atoms with Gasteiger partial charge in [0.2, 0.25) is 5.91 Å². The number of amides is 1. The zero-order valence-corrected chi connectivity index (χ0v) is 17.9. The highest BCUT2D eigenvalue weighted by Crippen LogP contribution is 2.26. The highest BCUT2D eigenvalue weighted by atomic mass is 32.2. The number of thiazole rings is 1. The van der Waals surface area contributed by atoms with E-state index in [0.29, 0.717) is 22.5 Å². The zero-order chi connectivity index (χ0) is 20.9. The summed E-state index contributed by atoms with van der Waals surface area (Å²) in [6.45, 7) is 0.430. The van der Waals surface area contributed by atoms with Gasteiger partial charge in [0.05, 0.1) is 35.4 Å². The van der Waals surface area contributed by atoms with Gasteiger partial charge in [0.25, 0.3) is 0 Å². The molecule has 0 bridgehead atoms. The van der Waals surface area contributed by atoms with Gasteiger partial charge in [-0.25, -0.2) is 9.97 Å². The summed E-state index contributed by atoms with van der Waals surface area (Å²) in [6, 6.07) is 15.5. The predicted molar refractivity (Wildman–Crippen MR) is 119 cm³/mol. The highest BCUT2D eigenvalue weighted by molar-refractivity contribution is 7.99. The number of hydrogen-bond donors (Lipinski definition) is 2. The summed E-state index contributed by atoms with van der Waals surface area (Å²) >= 11 is 2.77. The highest BCUT2D eigenvalue weighted by Gasteiger charge is 2.13. The summed E-state index contributed by atoms with van der Waals surface area (Å²) in [6.07, 6.45) is 1.80. The van der Waals surface area contributed by atoms with Crippen LogP contribution in [0.1, 0.15) is 11.3 Å². The third kappa shape index (κ3) is 4.81. The summed E-state index contributed by atoms with van der Waals surface area (Å²) in [5.41, 5.74) is 2.50. The number of thioether (sulfide) groups is 1. The lowest BCUT2D eigenvalue weighted by molar-refractivity contribution is -0.113. The number of nitrogens with zero attached hydrogens (tertiary/aromatic N) is 3.